The molecule has 4 aromatic rings. The fourth-order valence-electron chi connectivity index (χ4n) is 3.19. The van der Waals surface area contributed by atoms with Crippen molar-refractivity contribution in [1.29, 1.82) is 0 Å². The van der Waals surface area contributed by atoms with Crippen LogP contribution in [0.5, 0.6) is 0 Å². The number of aromatic nitrogens is 4. The van der Waals surface area contributed by atoms with Gasteiger partial charge in [0, 0.05) is 34.0 Å². The van der Waals surface area contributed by atoms with Crippen LogP contribution in [0.4, 0.5) is 0 Å². The third-order valence-electron chi connectivity index (χ3n) is 4.51. The Labute approximate surface area is 186 Å². The van der Waals surface area contributed by atoms with Gasteiger partial charge >= 0.3 is 0 Å². The smallest absolute Gasteiger partial charge is 0.187 e. The molecule has 0 spiro atoms. The highest BCUT2D eigenvalue weighted by atomic mass is 32.2. The molecule has 2 aromatic carbocycles. The van der Waals surface area contributed by atoms with Gasteiger partial charge in [-0.2, -0.15) is 0 Å². The van der Waals surface area contributed by atoms with Crippen LogP contribution in [0.2, 0.25) is 0 Å². The molecule has 0 aliphatic carbocycles. The van der Waals surface area contributed by atoms with Crippen molar-refractivity contribution >= 4 is 23.5 Å². The maximum absolute atomic E-state index is 4.91. The first-order valence-corrected chi connectivity index (χ1v) is 11.9. The van der Waals surface area contributed by atoms with Crippen molar-refractivity contribution in [3.63, 3.8) is 0 Å². The van der Waals surface area contributed by atoms with E-state index in [0.29, 0.717) is 0 Å². The molecule has 4 rings (SSSR count). The van der Waals surface area contributed by atoms with Crippen LogP contribution in [0, 0.1) is 13.8 Å². The largest absolute Gasteiger partial charge is 0.332 e. The minimum absolute atomic E-state index is 0.869. The van der Waals surface area contributed by atoms with Crippen molar-refractivity contribution < 1.29 is 0 Å². The fraction of sp³-hybridized carbons (Fsp3) is 0.208. The molecule has 1 N–H and O–H groups in total. The molecule has 0 radical (unpaired) electrons. The van der Waals surface area contributed by atoms with Crippen LogP contribution in [0.25, 0.3) is 22.5 Å². The summed E-state index contributed by atoms with van der Waals surface area (Å²) in [5.41, 5.74) is 6.40. The Hall–Kier alpha value is -2.57. The lowest BCUT2D eigenvalue weighted by Crippen LogP contribution is -1.94. The number of nitrogens with one attached hydrogen (secondary N) is 1. The Morgan fingerprint density at radius 2 is 1.33 bits per heavy atom. The molecule has 2 heterocycles. The van der Waals surface area contributed by atoms with Crippen molar-refractivity contribution in [2.45, 2.75) is 30.6 Å². The Bertz CT molecular complexity index is 1020. The van der Waals surface area contributed by atoms with Crippen LogP contribution in [0.3, 0.4) is 0 Å². The van der Waals surface area contributed by atoms with Crippen LogP contribution in [0.1, 0.15) is 17.8 Å². The molecule has 0 aliphatic rings. The summed E-state index contributed by atoms with van der Waals surface area (Å²) >= 11 is 3.49. The van der Waals surface area contributed by atoms with E-state index < -0.39 is 0 Å². The second-order valence-electron chi connectivity index (χ2n) is 6.98. The van der Waals surface area contributed by atoms with Crippen LogP contribution < -0.4 is 0 Å². The molecule has 0 aliphatic heterocycles. The number of hydrogen-bond acceptors (Lipinski definition) is 5. The Kier molecular flexibility index (Phi) is 6.87. The molecule has 2 aromatic heterocycles. The molecular weight excluding hydrogens is 408 g/mol. The average molecular weight is 433 g/mol. The molecule has 0 bridgehead atoms. The maximum Gasteiger partial charge on any atom is 0.187 e. The highest BCUT2D eigenvalue weighted by Crippen LogP contribution is 2.32. The molecule has 152 valence electrons. The summed E-state index contributed by atoms with van der Waals surface area (Å²) < 4.78 is 0. The first-order chi connectivity index (χ1) is 14.7. The van der Waals surface area contributed by atoms with E-state index in [-0.39, 0.29) is 0 Å². The van der Waals surface area contributed by atoms with Gasteiger partial charge in [0.2, 0.25) is 0 Å². The topological polar surface area (TPSA) is 54.5 Å². The van der Waals surface area contributed by atoms with Gasteiger partial charge in [-0.25, -0.2) is 15.0 Å². The zero-order valence-electron chi connectivity index (χ0n) is 17.1. The van der Waals surface area contributed by atoms with Gasteiger partial charge in [-0.05, 0) is 26.3 Å². The fourth-order valence-corrected chi connectivity index (χ4v) is 5.07. The molecule has 0 saturated carbocycles. The minimum atomic E-state index is 0.869. The van der Waals surface area contributed by atoms with Crippen LogP contribution in [-0.4, -0.2) is 31.4 Å². The van der Waals surface area contributed by atoms with Crippen LogP contribution >= 0.6 is 23.5 Å². The van der Waals surface area contributed by atoms with Crippen molar-refractivity contribution in [1.82, 2.24) is 19.9 Å². The van der Waals surface area contributed by atoms with E-state index in [4.69, 9.17) is 4.98 Å². The van der Waals surface area contributed by atoms with Crippen LogP contribution in [-0.2, 0) is 0 Å². The SMILES string of the molecule is Cc1cc(C)nc(SCCCSc2nc(-c3ccccc3)c(-c3ccccc3)[nH]2)n1. The lowest BCUT2D eigenvalue weighted by Gasteiger charge is -2.02. The van der Waals surface area contributed by atoms with Crippen LogP contribution in [0.15, 0.2) is 77.0 Å². The molecule has 0 atom stereocenters. The van der Waals surface area contributed by atoms with Crippen molar-refractivity contribution in [2.24, 2.45) is 0 Å². The van der Waals surface area contributed by atoms with Gasteiger partial charge in [0.15, 0.2) is 10.3 Å². The monoisotopic (exact) mass is 432 g/mol. The van der Waals surface area contributed by atoms with E-state index in [0.717, 1.165) is 62.1 Å². The number of imidazole rings is 1. The number of nitrogens with zero attached hydrogens (tertiary/aromatic N) is 3. The molecule has 0 fully saturated rings. The zero-order valence-corrected chi connectivity index (χ0v) is 18.8. The highest BCUT2D eigenvalue weighted by molar-refractivity contribution is 8.00. The summed E-state index contributed by atoms with van der Waals surface area (Å²) in [7, 11) is 0. The van der Waals surface area contributed by atoms with Gasteiger partial charge in [0.05, 0.1) is 11.4 Å². The van der Waals surface area contributed by atoms with Gasteiger partial charge in [-0.1, -0.05) is 84.2 Å². The summed E-state index contributed by atoms with van der Waals surface area (Å²) in [5, 5.41) is 1.83. The van der Waals surface area contributed by atoms with Crippen molar-refractivity contribution in [2.75, 3.05) is 11.5 Å². The van der Waals surface area contributed by atoms with Gasteiger partial charge in [-0.15, -0.1) is 0 Å². The lowest BCUT2D eigenvalue weighted by molar-refractivity contribution is 0.900. The normalized spacial score (nSPS) is 11.0. The number of benzene rings is 2. The van der Waals surface area contributed by atoms with E-state index in [1.165, 1.54) is 0 Å². The van der Waals surface area contributed by atoms with Crippen molar-refractivity contribution in [3.8, 4) is 22.5 Å². The van der Waals surface area contributed by atoms with Gasteiger partial charge < -0.3 is 4.98 Å². The second kappa shape index (κ2) is 9.96. The standard InChI is InChI=1S/C24H24N4S2/c1-17-16-18(2)26-23(25-17)29-14-9-15-30-24-27-21(19-10-5-3-6-11-19)22(28-24)20-12-7-4-8-13-20/h3-8,10-13,16H,9,14-15H2,1-2H3,(H,27,28). The third kappa shape index (κ3) is 5.32. The number of H-pyrrole nitrogens is 1. The Morgan fingerprint density at radius 1 is 0.733 bits per heavy atom. The molecule has 0 amide bonds. The van der Waals surface area contributed by atoms with E-state index >= 15 is 0 Å². The predicted molar refractivity (Wildman–Crippen MR) is 127 cm³/mol. The number of aryl methyl sites for hydroxylation is 2. The molecule has 30 heavy (non-hydrogen) atoms. The number of hydrogen-bond donors (Lipinski definition) is 1. The predicted octanol–water partition coefficient (Wildman–Crippen LogP) is 6.43. The molecule has 4 nitrogen and oxygen atoms in total. The first-order valence-electron chi connectivity index (χ1n) is 9.98. The Morgan fingerprint density at radius 3 is 2.00 bits per heavy atom. The second-order valence-corrected chi connectivity index (χ2v) is 9.13. The molecule has 0 unspecified atom stereocenters. The van der Waals surface area contributed by atoms with E-state index in [1.807, 2.05) is 32.0 Å². The van der Waals surface area contributed by atoms with E-state index in [2.05, 4.69) is 63.5 Å². The van der Waals surface area contributed by atoms with E-state index in [1.54, 1.807) is 23.5 Å². The summed E-state index contributed by atoms with van der Waals surface area (Å²) in [5.74, 6) is 1.99. The molecule has 6 heteroatoms. The molecule has 0 saturated heterocycles. The first kappa shape index (κ1) is 20.7. The minimum Gasteiger partial charge on any atom is -0.332 e. The number of rotatable bonds is 8. The lowest BCUT2D eigenvalue weighted by atomic mass is 10.1. The van der Waals surface area contributed by atoms with Gasteiger partial charge in [0.1, 0.15) is 0 Å². The summed E-state index contributed by atoms with van der Waals surface area (Å²) in [4.78, 5) is 17.4. The highest BCUT2D eigenvalue weighted by Gasteiger charge is 2.14. The third-order valence-corrected chi connectivity index (χ3v) is 6.41. The van der Waals surface area contributed by atoms with Gasteiger partial charge in [-0.3, -0.25) is 0 Å². The van der Waals surface area contributed by atoms with Gasteiger partial charge in [0.25, 0.3) is 0 Å². The maximum atomic E-state index is 4.91. The zero-order chi connectivity index (χ0) is 20.8. The Balaban J connectivity index is 1.41. The summed E-state index contributed by atoms with van der Waals surface area (Å²) in [6.07, 6.45) is 1.06. The quantitative estimate of drug-likeness (QED) is 0.198. The number of thioether (sulfide) groups is 2. The summed E-state index contributed by atoms with van der Waals surface area (Å²) in [6.45, 7) is 4.03. The molecular formula is C24H24N4S2. The summed E-state index contributed by atoms with van der Waals surface area (Å²) in [6, 6.07) is 22.8. The van der Waals surface area contributed by atoms with Crippen molar-refractivity contribution in [3.05, 3.63) is 78.1 Å². The average Bonchev–Trinajstić information content (AvgIpc) is 3.18. The van der Waals surface area contributed by atoms with E-state index in [9.17, 15) is 0 Å². The number of aromatic amines is 1.